The second-order valence-electron chi connectivity index (χ2n) is 6.42. The number of aromatic nitrogens is 1. The molecule has 2 aromatic rings. The molecule has 0 radical (unpaired) electrons. The maximum absolute atomic E-state index is 11.1. The van der Waals surface area contributed by atoms with E-state index in [1.165, 1.54) is 6.20 Å². The van der Waals surface area contributed by atoms with Gasteiger partial charge in [0.05, 0.1) is 12.2 Å². The van der Waals surface area contributed by atoms with Crippen molar-refractivity contribution in [2.45, 2.75) is 33.7 Å². The van der Waals surface area contributed by atoms with Gasteiger partial charge in [-0.25, -0.2) is 4.98 Å². The third kappa shape index (κ3) is 6.04. The molecule has 0 saturated carbocycles. The molecule has 0 atom stereocenters. The van der Waals surface area contributed by atoms with Crippen LogP contribution in [0.1, 0.15) is 43.1 Å². The summed E-state index contributed by atoms with van der Waals surface area (Å²) in [5.41, 5.74) is 6.68. The van der Waals surface area contributed by atoms with Gasteiger partial charge in [-0.1, -0.05) is 19.9 Å². The van der Waals surface area contributed by atoms with Crippen molar-refractivity contribution in [1.29, 1.82) is 0 Å². The van der Waals surface area contributed by atoms with Gasteiger partial charge in [0.25, 0.3) is 0 Å². The van der Waals surface area contributed by atoms with Crippen LogP contribution in [-0.4, -0.2) is 24.0 Å². The number of hydrogen-bond acceptors (Lipinski definition) is 5. The van der Waals surface area contributed by atoms with Crippen LogP contribution in [0.15, 0.2) is 36.5 Å². The van der Waals surface area contributed by atoms with Gasteiger partial charge in [-0.3, -0.25) is 4.79 Å². The average molecular weight is 357 g/mol. The fourth-order valence-corrected chi connectivity index (χ4v) is 2.34. The molecule has 2 rings (SSSR count). The highest BCUT2D eigenvalue weighted by atomic mass is 16.5. The normalized spacial score (nSPS) is 10.8. The van der Waals surface area contributed by atoms with Gasteiger partial charge in [0.15, 0.2) is 11.5 Å². The Morgan fingerprint density at radius 2 is 2.04 bits per heavy atom. The topological polar surface area (TPSA) is 86.5 Å². The Labute approximate surface area is 154 Å². The summed E-state index contributed by atoms with van der Waals surface area (Å²) in [4.78, 5) is 15.2. The van der Waals surface area contributed by atoms with Gasteiger partial charge < -0.3 is 20.5 Å². The highest BCUT2D eigenvalue weighted by Gasteiger charge is 2.09. The summed E-state index contributed by atoms with van der Waals surface area (Å²) in [5.74, 6) is 1.78. The summed E-state index contributed by atoms with van der Waals surface area (Å²) in [6.45, 7) is 8.65. The predicted molar refractivity (Wildman–Crippen MR) is 102 cm³/mol. The number of carbonyl (C=O) groups excluding carboxylic acids is 1. The van der Waals surface area contributed by atoms with Gasteiger partial charge in [-0.05, 0) is 49.6 Å². The summed E-state index contributed by atoms with van der Waals surface area (Å²) >= 11 is 0. The summed E-state index contributed by atoms with van der Waals surface area (Å²) in [6.07, 6.45) is 2.54. The van der Waals surface area contributed by atoms with Crippen molar-refractivity contribution in [1.82, 2.24) is 10.3 Å². The van der Waals surface area contributed by atoms with Gasteiger partial charge in [0.2, 0.25) is 11.8 Å². The van der Waals surface area contributed by atoms with Crippen molar-refractivity contribution in [3.05, 3.63) is 47.7 Å². The maximum Gasteiger partial charge on any atom is 0.250 e. The van der Waals surface area contributed by atoms with E-state index in [2.05, 4.69) is 24.1 Å². The molecule has 1 heterocycles. The quantitative estimate of drug-likeness (QED) is 0.636. The number of nitrogens with one attached hydrogen (secondary N) is 1. The van der Waals surface area contributed by atoms with Gasteiger partial charge in [0.1, 0.15) is 0 Å². The van der Waals surface area contributed by atoms with E-state index in [-0.39, 0.29) is 0 Å². The second kappa shape index (κ2) is 9.77. The zero-order chi connectivity index (χ0) is 18.9. The number of rotatable bonds is 10. The molecule has 0 aliphatic rings. The molecule has 6 nitrogen and oxygen atoms in total. The molecule has 0 aliphatic carbocycles. The zero-order valence-corrected chi connectivity index (χ0v) is 15.6. The van der Waals surface area contributed by atoms with Crippen LogP contribution >= 0.6 is 0 Å². The van der Waals surface area contributed by atoms with Gasteiger partial charge in [-0.15, -0.1) is 0 Å². The Morgan fingerprint density at radius 3 is 2.65 bits per heavy atom. The molecule has 0 aliphatic heterocycles. The third-order valence-corrected chi connectivity index (χ3v) is 3.77. The third-order valence-electron chi connectivity index (χ3n) is 3.77. The summed E-state index contributed by atoms with van der Waals surface area (Å²) < 4.78 is 11.5. The number of ether oxygens (including phenoxy) is 2. The summed E-state index contributed by atoms with van der Waals surface area (Å²) in [5, 5.41) is 3.44. The molecule has 1 aromatic heterocycles. The number of nitrogens with two attached hydrogens (primary N) is 1. The van der Waals surface area contributed by atoms with Crippen LogP contribution in [0.2, 0.25) is 0 Å². The number of nitrogens with zero attached hydrogens (tertiary/aromatic N) is 1. The molecule has 140 valence electrons. The molecule has 0 fully saturated rings. The molecule has 0 unspecified atom stereocenters. The van der Waals surface area contributed by atoms with Crippen LogP contribution in [-0.2, 0) is 6.54 Å². The number of amides is 1. The van der Waals surface area contributed by atoms with Crippen LogP contribution in [0, 0.1) is 5.92 Å². The first-order valence-electron chi connectivity index (χ1n) is 8.89. The van der Waals surface area contributed by atoms with Crippen molar-refractivity contribution >= 4 is 5.91 Å². The van der Waals surface area contributed by atoms with E-state index in [0.717, 1.165) is 25.1 Å². The lowest BCUT2D eigenvalue weighted by Crippen LogP contribution is -2.16. The first-order valence-corrected chi connectivity index (χ1v) is 8.89. The predicted octanol–water partition coefficient (Wildman–Crippen LogP) is 3.51. The molecule has 26 heavy (non-hydrogen) atoms. The Balaban J connectivity index is 2.06. The molecule has 0 saturated heterocycles. The number of pyridine rings is 1. The van der Waals surface area contributed by atoms with Crippen LogP contribution in [0.4, 0.5) is 0 Å². The molecule has 0 spiro atoms. The number of hydrogen-bond donors (Lipinski definition) is 2. The highest BCUT2D eigenvalue weighted by molar-refractivity contribution is 5.92. The fourth-order valence-electron chi connectivity index (χ4n) is 2.34. The molecular formula is C20H27N3O3. The van der Waals surface area contributed by atoms with Crippen LogP contribution in [0.25, 0.3) is 0 Å². The van der Waals surface area contributed by atoms with E-state index in [1.807, 2.05) is 25.1 Å². The van der Waals surface area contributed by atoms with Crippen molar-refractivity contribution in [2.24, 2.45) is 11.7 Å². The number of carbonyl (C=O) groups is 1. The summed E-state index contributed by atoms with van der Waals surface area (Å²) in [6, 6.07) is 9.03. The van der Waals surface area contributed by atoms with E-state index in [1.54, 1.807) is 12.1 Å². The van der Waals surface area contributed by atoms with Crippen LogP contribution in [0.5, 0.6) is 17.4 Å². The molecular weight excluding hydrogens is 330 g/mol. The Hall–Kier alpha value is -2.60. The molecule has 1 amide bonds. The Kier molecular flexibility index (Phi) is 7.41. The lowest BCUT2D eigenvalue weighted by atomic mass is 10.1. The molecule has 6 heteroatoms. The lowest BCUT2D eigenvalue weighted by molar-refractivity contribution is 0.1000. The fraction of sp³-hybridized carbons (Fsp3) is 0.400. The minimum Gasteiger partial charge on any atom is -0.490 e. The SMILES string of the molecule is CCOc1cc(CNCCC(C)C)ccc1Oc1ccc(C(N)=O)cn1. The van der Waals surface area contributed by atoms with Gasteiger partial charge in [0, 0.05) is 18.8 Å². The van der Waals surface area contributed by atoms with E-state index in [0.29, 0.717) is 35.5 Å². The van der Waals surface area contributed by atoms with Crippen LogP contribution in [0.3, 0.4) is 0 Å². The van der Waals surface area contributed by atoms with Gasteiger partial charge >= 0.3 is 0 Å². The molecule has 3 N–H and O–H groups in total. The van der Waals surface area contributed by atoms with E-state index in [9.17, 15) is 4.79 Å². The number of benzene rings is 1. The molecule has 1 aromatic carbocycles. The number of primary amides is 1. The first kappa shape index (κ1) is 19.7. The van der Waals surface area contributed by atoms with Crippen molar-refractivity contribution < 1.29 is 14.3 Å². The second-order valence-corrected chi connectivity index (χ2v) is 6.42. The van der Waals surface area contributed by atoms with Crippen molar-refractivity contribution in [3.8, 4) is 17.4 Å². The largest absolute Gasteiger partial charge is 0.490 e. The Bertz CT molecular complexity index is 715. The minimum absolute atomic E-state index is 0.338. The van der Waals surface area contributed by atoms with Crippen molar-refractivity contribution in [2.75, 3.05) is 13.2 Å². The highest BCUT2D eigenvalue weighted by Crippen LogP contribution is 2.32. The van der Waals surface area contributed by atoms with E-state index >= 15 is 0 Å². The lowest BCUT2D eigenvalue weighted by Gasteiger charge is -2.13. The van der Waals surface area contributed by atoms with Gasteiger partial charge in [-0.2, -0.15) is 0 Å². The minimum atomic E-state index is -0.520. The van der Waals surface area contributed by atoms with E-state index in [4.69, 9.17) is 15.2 Å². The van der Waals surface area contributed by atoms with Crippen LogP contribution < -0.4 is 20.5 Å². The smallest absolute Gasteiger partial charge is 0.250 e. The molecule has 0 bridgehead atoms. The zero-order valence-electron chi connectivity index (χ0n) is 15.6. The standard InChI is InChI=1S/C20H27N3O3/c1-4-25-18-11-15(12-22-10-9-14(2)3)5-7-17(18)26-19-8-6-16(13-23-19)20(21)24/h5-8,11,13-14,22H,4,9-10,12H2,1-3H3,(H2,21,24). The average Bonchev–Trinajstić information content (AvgIpc) is 2.61. The first-order chi connectivity index (χ1) is 12.5. The van der Waals surface area contributed by atoms with E-state index < -0.39 is 5.91 Å². The summed E-state index contributed by atoms with van der Waals surface area (Å²) in [7, 11) is 0. The monoisotopic (exact) mass is 357 g/mol. The van der Waals surface area contributed by atoms with Crippen molar-refractivity contribution in [3.63, 3.8) is 0 Å². The Morgan fingerprint density at radius 1 is 1.23 bits per heavy atom. The maximum atomic E-state index is 11.1.